The largest absolute Gasteiger partial charge is 0.495 e. The molecule has 0 aliphatic heterocycles. The van der Waals surface area contributed by atoms with Gasteiger partial charge >= 0.3 is 0 Å². The molecule has 0 aromatic heterocycles. The topological polar surface area (TPSA) is 21.3 Å². The standard InChI is InChI=1S/C18H20ClNO/c1-12-9-13(11-20-15-5-6-15)3-7-16(12)14-4-8-18(21-2)17(19)10-14/h3-4,7-10,15,20H,5-6,11H2,1-2H3. The summed E-state index contributed by atoms with van der Waals surface area (Å²) in [6, 6.07) is 13.3. The Morgan fingerprint density at radius 2 is 2.00 bits per heavy atom. The highest BCUT2D eigenvalue weighted by atomic mass is 35.5. The summed E-state index contributed by atoms with van der Waals surface area (Å²) in [5, 5.41) is 4.19. The van der Waals surface area contributed by atoms with E-state index < -0.39 is 0 Å². The highest BCUT2D eigenvalue weighted by Crippen LogP contribution is 2.32. The molecule has 2 aromatic carbocycles. The van der Waals surface area contributed by atoms with Crippen LogP contribution in [-0.4, -0.2) is 13.2 Å². The van der Waals surface area contributed by atoms with Crippen LogP contribution in [0.1, 0.15) is 24.0 Å². The van der Waals surface area contributed by atoms with Crippen LogP contribution in [0.4, 0.5) is 0 Å². The highest BCUT2D eigenvalue weighted by Gasteiger charge is 2.19. The van der Waals surface area contributed by atoms with Crippen molar-refractivity contribution in [2.45, 2.75) is 32.4 Å². The fourth-order valence-corrected chi connectivity index (χ4v) is 2.80. The van der Waals surface area contributed by atoms with E-state index in [4.69, 9.17) is 16.3 Å². The summed E-state index contributed by atoms with van der Waals surface area (Å²) in [5.41, 5.74) is 4.95. The monoisotopic (exact) mass is 301 g/mol. The van der Waals surface area contributed by atoms with Crippen molar-refractivity contribution < 1.29 is 4.74 Å². The molecule has 3 rings (SSSR count). The van der Waals surface area contributed by atoms with Crippen molar-refractivity contribution in [3.8, 4) is 16.9 Å². The summed E-state index contributed by atoms with van der Waals surface area (Å²) >= 11 is 6.22. The highest BCUT2D eigenvalue weighted by molar-refractivity contribution is 6.32. The van der Waals surface area contributed by atoms with Gasteiger partial charge in [-0.3, -0.25) is 0 Å². The van der Waals surface area contributed by atoms with E-state index >= 15 is 0 Å². The van der Waals surface area contributed by atoms with E-state index in [0.29, 0.717) is 10.8 Å². The molecule has 0 saturated heterocycles. The minimum absolute atomic E-state index is 0.647. The fraction of sp³-hybridized carbons (Fsp3) is 0.333. The minimum atomic E-state index is 0.647. The predicted molar refractivity (Wildman–Crippen MR) is 88.0 cm³/mol. The maximum atomic E-state index is 6.22. The van der Waals surface area contributed by atoms with Gasteiger partial charge in [0.2, 0.25) is 0 Å². The van der Waals surface area contributed by atoms with Crippen LogP contribution in [0.3, 0.4) is 0 Å². The molecule has 1 fully saturated rings. The van der Waals surface area contributed by atoms with E-state index in [2.05, 4.69) is 36.5 Å². The summed E-state index contributed by atoms with van der Waals surface area (Å²) in [5.74, 6) is 0.711. The van der Waals surface area contributed by atoms with Gasteiger partial charge in [-0.1, -0.05) is 35.9 Å². The molecule has 0 atom stereocenters. The van der Waals surface area contributed by atoms with Crippen molar-refractivity contribution in [1.29, 1.82) is 0 Å². The van der Waals surface area contributed by atoms with E-state index in [1.54, 1.807) is 7.11 Å². The van der Waals surface area contributed by atoms with Crippen LogP contribution in [0, 0.1) is 6.92 Å². The zero-order valence-corrected chi connectivity index (χ0v) is 13.2. The lowest BCUT2D eigenvalue weighted by molar-refractivity contribution is 0.415. The third-order valence-electron chi connectivity index (χ3n) is 3.93. The third-order valence-corrected chi connectivity index (χ3v) is 4.22. The molecule has 21 heavy (non-hydrogen) atoms. The zero-order chi connectivity index (χ0) is 14.8. The van der Waals surface area contributed by atoms with Crippen molar-refractivity contribution in [2.24, 2.45) is 0 Å². The van der Waals surface area contributed by atoms with Gasteiger partial charge < -0.3 is 10.1 Å². The molecule has 0 radical (unpaired) electrons. The molecule has 3 heteroatoms. The molecule has 1 saturated carbocycles. The van der Waals surface area contributed by atoms with E-state index in [-0.39, 0.29) is 0 Å². The molecule has 1 aliphatic carbocycles. The number of benzene rings is 2. The van der Waals surface area contributed by atoms with Gasteiger partial charge in [0.25, 0.3) is 0 Å². The molecule has 2 aromatic rings. The van der Waals surface area contributed by atoms with Gasteiger partial charge in [0.15, 0.2) is 0 Å². The van der Waals surface area contributed by atoms with Crippen LogP contribution in [0.25, 0.3) is 11.1 Å². The molecular formula is C18H20ClNO. The Bertz CT molecular complexity index is 650. The molecular weight excluding hydrogens is 282 g/mol. The van der Waals surface area contributed by atoms with Gasteiger partial charge in [-0.05, 0) is 54.2 Å². The van der Waals surface area contributed by atoms with Gasteiger partial charge in [-0.2, -0.15) is 0 Å². The number of methoxy groups -OCH3 is 1. The Kier molecular flexibility index (Phi) is 4.18. The van der Waals surface area contributed by atoms with Gasteiger partial charge in [-0.15, -0.1) is 0 Å². The van der Waals surface area contributed by atoms with Crippen molar-refractivity contribution in [2.75, 3.05) is 7.11 Å². The summed E-state index contributed by atoms with van der Waals surface area (Å²) in [6.45, 7) is 3.10. The van der Waals surface area contributed by atoms with E-state index in [1.807, 2.05) is 12.1 Å². The van der Waals surface area contributed by atoms with Crippen LogP contribution in [0.15, 0.2) is 36.4 Å². The number of nitrogens with one attached hydrogen (secondary N) is 1. The van der Waals surface area contributed by atoms with Gasteiger partial charge in [0.1, 0.15) is 5.75 Å². The molecule has 1 N–H and O–H groups in total. The van der Waals surface area contributed by atoms with Crippen LogP contribution >= 0.6 is 11.6 Å². The molecule has 1 aliphatic rings. The average Bonchev–Trinajstić information content (AvgIpc) is 3.29. The Morgan fingerprint density at radius 3 is 2.62 bits per heavy atom. The Labute approximate surface area is 131 Å². The SMILES string of the molecule is COc1ccc(-c2ccc(CNC3CC3)cc2C)cc1Cl. The number of rotatable bonds is 5. The first kappa shape index (κ1) is 14.4. The van der Waals surface area contributed by atoms with E-state index in [9.17, 15) is 0 Å². The average molecular weight is 302 g/mol. The molecule has 0 amide bonds. The molecule has 2 nitrogen and oxygen atoms in total. The van der Waals surface area contributed by atoms with E-state index in [1.165, 1.54) is 29.5 Å². The maximum absolute atomic E-state index is 6.22. The second kappa shape index (κ2) is 6.08. The number of hydrogen-bond acceptors (Lipinski definition) is 2. The Hall–Kier alpha value is -1.51. The molecule has 0 bridgehead atoms. The zero-order valence-electron chi connectivity index (χ0n) is 12.4. The van der Waals surface area contributed by atoms with Crippen LogP contribution in [-0.2, 0) is 6.54 Å². The smallest absolute Gasteiger partial charge is 0.137 e. The lowest BCUT2D eigenvalue weighted by atomic mass is 9.98. The van der Waals surface area contributed by atoms with Crippen molar-refractivity contribution >= 4 is 11.6 Å². The first-order chi connectivity index (χ1) is 10.2. The Balaban J connectivity index is 1.82. The lowest BCUT2D eigenvalue weighted by Gasteiger charge is -2.11. The minimum Gasteiger partial charge on any atom is -0.495 e. The molecule has 0 heterocycles. The van der Waals surface area contributed by atoms with Gasteiger partial charge in [0, 0.05) is 12.6 Å². The van der Waals surface area contributed by atoms with Gasteiger partial charge in [-0.25, -0.2) is 0 Å². The molecule has 110 valence electrons. The first-order valence-corrected chi connectivity index (χ1v) is 7.72. The second-order valence-corrected chi connectivity index (χ2v) is 6.06. The predicted octanol–water partition coefficient (Wildman–Crippen LogP) is 4.58. The van der Waals surface area contributed by atoms with E-state index in [0.717, 1.165) is 18.2 Å². The number of halogens is 1. The summed E-state index contributed by atoms with van der Waals surface area (Å²) in [6.07, 6.45) is 2.64. The van der Waals surface area contributed by atoms with Crippen molar-refractivity contribution in [1.82, 2.24) is 5.32 Å². The van der Waals surface area contributed by atoms with Crippen LogP contribution < -0.4 is 10.1 Å². The summed E-state index contributed by atoms with van der Waals surface area (Å²) in [4.78, 5) is 0. The van der Waals surface area contributed by atoms with Crippen LogP contribution in [0.2, 0.25) is 5.02 Å². The van der Waals surface area contributed by atoms with Crippen LogP contribution in [0.5, 0.6) is 5.75 Å². The Morgan fingerprint density at radius 1 is 1.19 bits per heavy atom. The molecule has 0 unspecified atom stereocenters. The maximum Gasteiger partial charge on any atom is 0.137 e. The third kappa shape index (κ3) is 3.39. The van der Waals surface area contributed by atoms with Crippen molar-refractivity contribution in [3.63, 3.8) is 0 Å². The van der Waals surface area contributed by atoms with Gasteiger partial charge in [0.05, 0.1) is 12.1 Å². The molecule has 0 spiro atoms. The fourth-order valence-electron chi connectivity index (χ4n) is 2.54. The number of ether oxygens (including phenoxy) is 1. The lowest BCUT2D eigenvalue weighted by Crippen LogP contribution is -2.15. The first-order valence-electron chi connectivity index (χ1n) is 7.34. The quantitative estimate of drug-likeness (QED) is 0.873. The summed E-state index contributed by atoms with van der Waals surface area (Å²) in [7, 11) is 1.63. The van der Waals surface area contributed by atoms with Crippen molar-refractivity contribution in [3.05, 3.63) is 52.5 Å². The number of aryl methyl sites for hydroxylation is 1. The second-order valence-electron chi connectivity index (χ2n) is 5.65. The number of hydrogen-bond donors (Lipinski definition) is 1. The summed E-state index contributed by atoms with van der Waals surface area (Å²) < 4.78 is 5.21. The normalized spacial score (nSPS) is 14.2.